The van der Waals surface area contributed by atoms with Crippen molar-refractivity contribution in [1.29, 1.82) is 0 Å². The van der Waals surface area contributed by atoms with Gasteiger partial charge in [-0.2, -0.15) is 5.10 Å². The third-order valence-corrected chi connectivity index (χ3v) is 6.81. The van der Waals surface area contributed by atoms with E-state index in [2.05, 4.69) is 15.0 Å². The fraction of sp³-hybridized carbons (Fsp3) is 0.440. The van der Waals surface area contributed by atoms with Gasteiger partial charge >= 0.3 is 0 Å². The molecule has 0 aliphatic carbocycles. The Balaban J connectivity index is 1.46. The zero-order chi connectivity index (χ0) is 22.1. The standard InChI is InChI=1S/C25H30N6O/c1-18(19-9-4-3-5-10-19)24(32)31-16-8-11-22(31)23-20(17-27-29(23)2)21-12-13-26-25(28-21)30-14-6-7-15-30/h3-5,9-10,12-13,17-18,22H,6-8,11,14-16H2,1-2H3/t18-,22+/m0/s1. The molecular formula is C25H30N6O. The summed E-state index contributed by atoms with van der Waals surface area (Å²) in [7, 11) is 1.96. The van der Waals surface area contributed by atoms with Crippen LogP contribution in [-0.2, 0) is 11.8 Å². The number of rotatable bonds is 5. The number of aromatic nitrogens is 4. The second kappa shape index (κ2) is 8.73. The lowest BCUT2D eigenvalue weighted by atomic mass is 9.98. The number of carbonyl (C=O) groups excluding carboxylic acids is 1. The summed E-state index contributed by atoms with van der Waals surface area (Å²) in [6.07, 6.45) is 8.01. The van der Waals surface area contributed by atoms with E-state index in [4.69, 9.17) is 4.98 Å². The fourth-order valence-electron chi connectivity index (χ4n) is 5.06. The highest BCUT2D eigenvalue weighted by molar-refractivity contribution is 5.84. The van der Waals surface area contributed by atoms with Crippen LogP contribution >= 0.6 is 0 Å². The molecule has 0 unspecified atom stereocenters. The van der Waals surface area contributed by atoms with Gasteiger partial charge in [0.1, 0.15) is 0 Å². The van der Waals surface area contributed by atoms with Crippen molar-refractivity contribution in [2.45, 2.75) is 44.6 Å². The van der Waals surface area contributed by atoms with Gasteiger partial charge in [0, 0.05) is 38.4 Å². The largest absolute Gasteiger partial charge is 0.341 e. The molecule has 2 aromatic heterocycles. The topological polar surface area (TPSA) is 67.2 Å². The van der Waals surface area contributed by atoms with Crippen molar-refractivity contribution in [3.8, 4) is 11.3 Å². The average Bonchev–Trinajstić information content (AvgIpc) is 3.59. The van der Waals surface area contributed by atoms with Gasteiger partial charge in [-0.1, -0.05) is 30.3 Å². The first-order chi connectivity index (χ1) is 15.6. The van der Waals surface area contributed by atoms with Crippen molar-refractivity contribution in [3.05, 3.63) is 60.0 Å². The van der Waals surface area contributed by atoms with Crippen LogP contribution in [0.3, 0.4) is 0 Å². The summed E-state index contributed by atoms with van der Waals surface area (Å²) >= 11 is 0. The molecule has 0 spiro atoms. The number of likely N-dealkylation sites (tertiary alicyclic amines) is 1. The predicted octanol–water partition coefficient (Wildman–Crippen LogP) is 3.94. The van der Waals surface area contributed by atoms with Gasteiger partial charge < -0.3 is 9.80 Å². The molecule has 4 heterocycles. The van der Waals surface area contributed by atoms with Crippen LogP contribution in [0.5, 0.6) is 0 Å². The molecule has 2 aliphatic heterocycles. The number of aryl methyl sites for hydroxylation is 1. The minimum absolute atomic E-state index is 0.00126. The van der Waals surface area contributed by atoms with Crippen molar-refractivity contribution in [2.75, 3.05) is 24.5 Å². The Hall–Kier alpha value is -3.22. The summed E-state index contributed by atoms with van der Waals surface area (Å²) in [5.41, 5.74) is 3.98. The first-order valence-electron chi connectivity index (χ1n) is 11.6. The quantitative estimate of drug-likeness (QED) is 0.613. The van der Waals surface area contributed by atoms with Gasteiger partial charge in [-0.05, 0) is 44.2 Å². The molecule has 1 aromatic carbocycles. The zero-order valence-corrected chi connectivity index (χ0v) is 18.8. The van der Waals surface area contributed by atoms with Gasteiger partial charge in [-0.3, -0.25) is 9.48 Å². The van der Waals surface area contributed by atoms with Crippen LogP contribution in [0, 0.1) is 0 Å². The minimum atomic E-state index is -0.172. The second-order valence-electron chi connectivity index (χ2n) is 8.83. The fourth-order valence-corrected chi connectivity index (χ4v) is 5.06. The molecular weight excluding hydrogens is 400 g/mol. The van der Waals surface area contributed by atoms with E-state index in [1.54, 1.807) is 0 Å². The Morgan fingerprint density at radius 1 is 1.06 bits per heavy atom. The normalized spacial score (nSPS) is 19.5. The zero-order valence-electron chi connectivity index (χ0n) is 18.8. The van der Waals surface area contributed by atoms with Crippen LogP contribution in [0.1, 0.15) is 55.8 Å². The maximum absolute atomic E-state index is 13.5. The van der Waals surface area contributed by atoms with E-state index in [1.807, 2.05) is 72.3 Å². The Kier molecular flexibility index (Phi) is 5.64. The van der Waals surface area contributed by atoms with E-state index in [1.165, 1.54) is 12.8 Å². The number of carbonyl (C=O) groups is 1. The van der Waals surface area contributed by atoms with E-state index >= 15 is 0 Å². The lowest BCUT2D eigenvalue weighted by molar-refractivity contribution is -0.133. The van der Waals surface area contributed by atoms with Crippen molar-refractivity contribution >= 4 is 11.9 Å². The van der Waals surface area contributed by atoms with Gasteiger partial charge in [-0.15, -0.1) is 0 Å². The molecule has 0 radical (unpaired) electrons. The summed E-state index contributed by atoms with van der Waals surface area (Å²) in [6, 6.07) is 12.0. The molecule has 0 N–H and O–H groups in total. The Morgan fingerprint density at radius 3 is 2.62 bits per heavy atom. The van der Waals surface area contributed by atoms with Crippen LogP contribution in [0.25, 0.3) is 11.3 Å². The van der Waals surface area contributed by atoms with Gasteiger partial charge in [0.25, 0.3) is 0 Å². The van der Waals surface area contributed by atoms with E-state index in [0.29, 0.717) is 0 Å². The highest BCUT2D eigenvalue weighted by atomic mass is 16.2. The maximum Gasteiger partial charge on any atom is 0.230 e. The van der Waals surface area contributed by atoms with Crippen molar-refractivity contribution in [2.24, 2.45) is 7.05 Å². The number of nitrogens with zero attached hydrogens (tertiary/aromatic N) is 6. The molecule has 166 valence electrons. The summed E-state index contributed by atoms with van der Waals surface area (Å²) < 4.78 is 1.91. The van der Waals surface area contributed by atoms with Crippen molar-refractivity contribution in [1.82, 2.24) is 24.6 Å². The van der Waals surface area contributed by atoms with Crippen LogP contribution < -0.4 is 4.90 Å². The molecule has 2 saturated heterocycles. The number of benzene rings is 1. The van der Waals surface area contributed by atoms with Crippen LogP contribution in [0.15, 0.2) is 48.8 Å². The Labute approximate surface area is 189 Å². The van der Waals surface area contributed by atoms with Crippen molar-refractivity contribution < 1.29 is 4.79 Å². The second-order valence-corrected chi connectivity index (χ2v) is 8.83. The van der Waals surface area contributed by atoms with Crippen LogP contribution in [-0.4, -0.2) is 50.2 Å². The molecule has 5 rings (SSSR count). The molecule has 0 bridgehead atoms. The summed E-state index contributed by atoms with van der Waals surface area (Å²) in [4.78, 5) is 27.2. The lowest BCUT2D eigenvalue weighted by Crippen LogP contribution is -2.34. The van der Waals surface area contributed by atoms with Crippen LogP contribution in [0.2, 0.25) is 0 Å². The molecule has 0 saturated carbocycles. The summed E-state index contributed by atoms with van der Waals surface area (Å²) in [6.45, 7) is 4.79. The van der Waals surface area contributed by atoms with Crippen LogP contribution in [0.4, 0.5) is 5.95 Å². The maximum atomic E-state index is 13.5. The molecule has 2 aliphatic rings. The lowest BCUT2D eigenvalue weighted by Gasteiger charge is -2.28. The van der Waals surface area contributed by atoms with E-state index < -0.39 is 0 Å². The van der Waals surface area contributed by atoms with Gasteiger partial charge in [0.15, 0.2) is 0 Å². The number of hydrogen-bond acceptors (Lipinski definition) is 5. The SMILES string of the molecule is C[C@H](C(=O)N1CCC[C@@H]1c1c(-c2ccnc(N3CCCC3)n2)cnn1C)c1ccccc1. The first-order valence-corrected chi connectivity index (χ1v) is 11.6. The van der Waals surface area contributed by atoms with E-state index in [9.17, 15) is 4.79 Å². The molecule has 7 heteroatoms. The smallest absolute Gasteiger partial charge is 0.230 e. The highest BCUT2D eigenvalue weighted by Gasteiger charge is 2.36. The van der Waals surface area contributed by atoms with Gasteiger partial charge in [-0.25, -0.2) is 9.97 Å². The number of amides is 1. The molecule has 2 atom stereocenters. The summed E-state index contributed by atoms with van der Waals surface area (Å²) in [5, 5.41) is 4.57. The summed E-state index contributed by atoms with van der Waals surface area (Å²) in [5.74, 6) is 0.785. The molecule has 7 nitrogen and oxygen atoms in total. The Morgan fingerprint density at radius 2 is 1.84 bits per heavy atom. The van der Waals surface area contributed by atoms with E-state index in [-0.39, 0.29) is 17.9 Å². The first kappa shape index (κ1) is 20.7. The minimum Gasteiger partial charge on any atom is -0.341 e. The molecule has 3 aromatic rings. The molecule has 2 fully saturated rings. The van der Waals surface area contributed by atoms with Gasteiger partial charge in [0.05, 0.1) is 29.5 Å². The third kappa shape index (κ3) is 3.76. The monoisotopic (exact) mass is 430 g/mol. The predicted molar refractivity (Wildman–Crippen MR) is 124 cm³/mol. The number of anilines is 1. The van der Waals surface area contributed by atoms with Gasteiger partial charge in [0.2, 0.25) is 11.9 Å². The third-order valence-electron chi connectivity index (χ3n) is 6.81. The molecule has 32 heavy (non-hydrogen) atoms. The Bertz CT molecular complexity index is 1090. The van der Waals surface area contributed by atoms with E-state index in [0.717, 1.165) is 60.9 Å². The van der Waals surface area contributed by atoms with Crippen molar-refractivity contribution in [3.63, 3.8) is 0 Å². The molecule has 1 amide bonds. The number of hydrogen-bond donors (Lipinski definition) is 0. The highest BCUT2D eigenvalue weighted by Crippen LogP contribution is 2.39. The average molecular weight is 431 g/mol.